The summed E-state index contributed by atoms with van der Waals surface area (Å²) in [6, 6.07) is 6.17. The molecule has 1 amide bonds. The molecule has 25 heavy (non-hydrogen) atoms. The smallest absolute Gasteiger partial charge is 0.306 e. The maximum atomic E-state index is 12.6. The van der Waals surface area contributed by atoms with Crippen molar-refractivity contribution < 1.29 is 14.3 Å². The molecule has 0 bridgehead atoms. The van der Waals surface area contributed by atoms with Gasteiger partial charge in [-0.2, -0.15) is 0 Å². The second-order valence-electron chi connectivity index (χ2n) is 6.95. The molecule has 2 atom stereocenters. The van der Waals surface area contributed by atoms with Crippen LogP contribution in [0.1, 0.15) is 43.5 Å². The number of benzene rings is 1. The SMILES string of the molecule is COC(=O)C[C@H](C)C(=O)N1CCC[C@H](c2nc3ccc(C)cc3[nH]2)C1. The number of aryl methyl sites for hydroxylation is 1. The van der Waals surface area contributed by atoms with Gasteiger partial charge >= 0.3 is 5.97 Å². The molecule has 1 saturated heterocycles. The van der Waals surface area contributed by atoms with Crippen LogP contribution in [0.4, 0.5) is 0 Å². The fourth-order valence-electron chi connectivity index (χ4n) is 3.47. The minimum absolute atomic E-state index is 0.0158. The highest BCUT2D eigenvalue weighted by molar-refractivity contribution is 5.83. The first-order valence-corrected chi connectivity index (χ1v) is 8.79. The van der Waals surface area contributed by atoms with Crippen LogP contribution >= 0.6 is 0 Å². The number of carbonyl (C=O) groups excluding carboxylic acids is 2. The van der Waals surface area contributed by atoms with Gasteiger partial charge in [0.15, 0.2) is 0 Å². The lowest BCUT2D eigenvalue weighted by Crippen LogP contribution is -2.42. The molecule has 2 heterocycles. The summed E-state index contributed by atoms with van der Waals surface area (Å²) in [5, 5.41) is 0. The normalized spacial score (nSPS) is 19.0. The van der Waals surface area contributed by atoms with Gasteiger partial charge in [-0.3, -0.25) is 9.59 Å². The van der Waals surface area contributed by atoms with Gasteiger partial charge in [-0.15, -0.1) is 0 Å². The second-order valence-corrected chi connectivity index (χ2v) is 6.95. The van der Waals surface area contributed by atoms with Crippen LogP contribution in [0, 0.1) is 12.8 Å². The highest BCUT2D eigenvalue weighted by Crippen LogP contribution is 2.28. The second kappa shape index (κ2) is 7.25. The molecule has 0 radical (unpaired) electrons. The molecule has 2 aromatic rings. The van der Waals surface area contributed by atoms with Gasteiger partial charge in [-0.25, -0.2) is 4.98 Å². The number of hydrogen-bond acceptors (Lipinski definition) is 4. The molecule has 1 aromatic heterocycles. The van der Waals surface area contributed by atoms with Gasteiger partial charge in [0, 0.05) is 24.9 Å². The van der Waals surface area contributed by atoms with E-state index in [2.05, 4.69) is 28.8 Å². The van der Waals surface area contributed by atoms with Gasteiger partial charge in [0.1, 0.15) is 5.82 Å². The van der Waals surface area contributed by atoms with Gasteiger partial charge in [0.05, 0.1) is 24.6 Å². The van der Waals surface area contributed by atoms with Crippen molar-refractivity contribution in [3.8, 4) is 0 Å². The van der Waals surface area contributed by atoms with E-state index in [1.807, 2.05) is 11.0 Å². The Labute approximate surface area is 147 Å². The lowest BCUT2D eigenvalue weighted by Gasteiger charge is -2.33. The lowest BCUT2D eigenvalue weighted by molar-refractivity contribution is -0.146. The van der Waals surface area contributed by atoms with Gasteiger partial charge in [0.2, 0.25) is 5.91 Å². The first-order valence-electron chi connectivity index (χ1n) is 8.79. The number of ether oxygens (including phenoxy) is 1. The molecule has 6 heteroatoms. The molecule has 1 aliphatic rings. The fourth-order valence-corrected chi connectivity index (χ4v) is 3.47. The van der Waals surface area contributed by atoms with E-state index in [-0.39, 0.29) is 30.1 Å². The average molecular weight is 343 g/mol. The number of H-pyrrole nitrogens is 1. The maximum Gasteiger partial charge on any atom is 0.306 e. The molecule has 1 aliphatic heterocycles. The number of likely N-dealkylation sites (tertiary alicyclic amines) is 1. The number of fused-ring (bicyclic) bond motifs is 1. The van der Waals surface area contributed by atoms with Crippen molar-refractivity contribution in [1.82, 2.24) is 14.9 Å². The fraction of sp³-hybridized carbons (Fsp3) is 0.526. The van der Waals surface area contributed by atoms with Crippen molar-refractivity contribution >= 4 is 22.9 Å². The number of aromatic amines is 1. The van der Waals surface area contributed by atoms with Crippen molar-refractivity contribution in [1.29, 1.82) is 0 Å². The third-order valence-electron chi connectivity index (χ3n) is 4.90. The number of hydrogen-bond donors (Lipinski definition) is 1. The molecule has 6 nitrogen and oxygen atoms in total. The van der Waals surface area contributed by atoms with Crippen LogP contribution in [0.3, 0.4) is 0 Å². The number of rotatable bonds is 4. The molecule has 0 aliphatic carbocycles. The van der Waals surface area contributed by atoms with Gasteiger partial charge < -0.3 is 14.6 Å². The largest absolute Gasteiger partial charge is 0.469 e. The molecular formula is C19H25N3O3. The van der Waals surface area contributed by atoms with E-state index in [9.17, 15) is 9.59 Å². The highest BCUT2D eigenvalue weighted by Gasteiger charge is 2.30. The number of nitrogens with zero attached hydrogens (tertiary/aromatic N) is 2. The Morgan fingerprint density at radius 3 is 3.00 bits per heavy atom. The molecule has 0 spiro atoms. The zero-order valence-corrected chi connectivity index (χ0v) is 15.0. The minimum atomic E-state index is -0.357. The van der Waals surface area contributed by atoms with Crippen LogP contribution in [0.15, 0.2) is 18.2 Å². The summed E-state index contributed by atoms with van der Waals surface area (Å²) in [7, 11) is 1.35. The Morgan fingerprint density at radius 2 is 2.24 bits per heavy atom. The Hall–Kier alpha value is -2.37. The number of esters is 1. The number of aromatic nitrogens is 2. The molecule has 134 valence electrons. The summed E-state index contributed by atoms with van der Waals surface area (Å²) in [4.78, 5) is 34.0. The van der Waals surface area contributed by atoms with Crippen molar-refractivity contribution in [3.63, 3.8) is 0 Å². The first kappa shape index (κ1) is 17.5. The van der Waals surface area contributed by atoms with E-state index in [0.29, 0.717) is 6.54 Å². The maximum absolute atomic E-state index is 12.6. The van der Waals surface area contributed by atoms with Crippen molar-refractivity contribution in [2.24, 2.45) is 5.92 Å². The Balaban J connectivity index is 1.71. The van der Waals surface area contributed by atoms with Crippen LogP contribution in [0.5, 0.6) is 0 Å². The summed E-state index contributed by atoms with van der Waals surface area (Å²) < 4.78 is 4.67. The van der Waals surface area contributed by atoms with Gasteiger partial charge in [-0.05, 0) is 37.5 Å². The van der Waals surface area contributed by atoms with Crippen LogP contribution in [-0.2, 0) is 14.3 Å². The summed E-state index contributed by atoms with van der Waals surface area (Å²) >= 11 is 0. The lowest BCUT2D eigenvalue weighted by atomic mass is 9.95. The third-order valence-corrected chi connectivity index (χ3v) is 4.90. The quantitative estimate of drug-likeness (QED) is 0.866. The van der Waals surface area contributed by atoms with Crippen LogP contribution in [0.2, 0.25) is 0 Å². The van der Waals surface area contributed by atoms with E-state index >= 15 is 0 Å². The van der Waals surface area contributed by atoms with E-state index in [1.165, 1.54) is 12.7 Å². The van der Waals surface area contributed by atoms with Crippen molar-refractivity contribution in [3.05, 3.63) is 29.6 Å². The molecule has 0 saturated carbocycles. The first-order chi connectivity index (χ1) is 12.0. The number of amides is 1. The van der Waals surface area contributed by atoms with Gasteiger partial charge in [-0.1, -0.05) is 13.0 Å². The predicted octanol–water partition coefficient (Wildman–Crippen LogP) is 2.78. The van der Waals surface area contributed by atoms with Crippen LogP contribution < -0.4 is 0 Å². The summed E-state index contributed by atoms with van der Waals surface area (Å²) in [6.07, 6.45) is 2.08. The zero-order chi connectivity index (χ0) is 18.0. The molecule has 1 aromatic carbocycles. The zero-order valence-electron chi connectivity index (χ0n) is 15.0. The van der Waals surface area contributed by atoms with Gasteiger partial charge in [0.25, 0.3) is 0 Å². The summed E-state index contributed by atoms with van der Waals surface area (Å²) in [6.45, 7) is 5.22. The summed E-state index contributed by atoms with van der Waals surface area (Å²) in [5.74, 6) is 0.461. The Morgan fingerprint density at radius 1 is 1.44 bits per heavy atom. The summed E-state index contributed by atoms with van der Waals surface area (Å²) in [5.41, 5.74) is 3.19. The molecule has 1 fully saturated rings. The monoisotopic (exact) mass is 343 g/mol. The average Bonchev–Trinajstić information content (AvgIpc) is 3.04. The standard InChI is InChI=1S/C19H25N3O3/c1-12-6-7-15-16(9-12)21-18(20-15)14-5-4-8-22(11-14)19(24)13(2)10-17(23)25-3/h6-7,9,13-14H,4-5,8,10-11H2,1-3H3,(H,20,21)/t13-,14-/m0/s1. The van der Waals surface area contributed by atoms with Crippen LogP contribution in [0.25, 0.3) is 11.0 Å². The van der Waals surface area contributed by atoms with Crippen molar-refractivity contribution in [2.75, 3.05) is 20.2 Å². The number of carbonyl (C=O) groups is 2. The molecule has 0 unspecified atom stereocenters. The Bertz CT molecular complexity index is 783. The molecule has 3 rings (SSSR count). The van der Waals surface area contributed by atoms with E-state index in [4.69, 9.17) is 4.98 Å². The topological polar surface area (TPSA) is 75.3 Å². The van der Waals surface area contributed by atoms with E-state index in [1.54, 1.807) is 6.92 Å². The van der Waals surface area contributed by atoms with Crippen LogP contribution in [-0.4, -0.2) is 46.9 Å². The minimum Gasteiger partial charge on any atom is -0.469 e. The van der Waals surface area contributed by atoms with E-state index in [0.717, 1.165) is 36.2 Å². The third kappa shape index (κ3) is 3.83. The number of imidazole rings is 1. The molecule has 1 N–H and O–H groups in total. The predicted molar refractivity (Wildman–Crippen MR) is 95.2 cm³/mol. The number of nitrogens with one attached hydrogen (secondary N) is 1. The van der Waals surface area contributed by atoms with E-state index < -0.39 is 0 Å². The number of methoxy groups -OCH3 is 1. The highest BCUT2D eigenvalue weighted by atomic mass is 16.5. The molecular weight excluding hydrogens is 318 g/mol. The number of piperidine rings is 1. The van der Waals surface area contributed by atoms with Crippen molar-refractivity contribution in [2.45, 2.75) is 39.0 Å². The Kier molecular flexibility index (Phi) is 5.06.